The first-order chi connectivity index (χ1) is 18.8. The first kappa shape index (κ1) is 29.2. The zero-order valence-electron chi connectivity index (χ0n) is 23.0. The van der Waals surface area contributed by atoms with E-state index in [1.807, 2.05) is 50.2 Å². The molecule has 0 amide bonds. The summed E-state index contributed by atoms with van der Waals surface area (Å²) in [6.45, 7) is 7.79. The number of thiazole rings is 1. The number of hydrogen-bond donors (Lipinski definition) is 1. The molecule has 2 N–H and O–H groups in total. The molecule has 2 aromatic carbocycles. The van der Waals surface area contributed by atoms with Crippen molar-refractivity contribution in [1.82, 2.24) is 4.98 Å². The summed E-state index contributed by atoms with van der Waals surface area (Å²) in [7, 11) is 0. The van der Waals surface area contributed by atoms with Gasteiger partial charge < -0.3 is 15.4 Å². The molecule has 0 radical (unpaired) electrons. The number of piperidine rings is 1. The summed E-state index contributed by atoms with van der Waals surface area (Å²) in [6, 6.07) is 15.1. The molecule has 1 saturated heterocycles. The Morgan fingerprint density at radius 1 is 1.18 bits per heavy atom. The number of esters is 1. The van der Waals surface area contributed by atoms with Gasteiger partial charge in [0.1, 0.15) is 5.01 Å². The van der Waals surface area contributed by atoms with Crippen LogP contribution in [0.15, 0.2) is 48.5 Å². The van der Waals surface area contributed by atoms with Gasteiger partial charge in [0.2, 0.25) is 0 Å². The summed E-state index contributed by atoms with van der Waals surface area (Å²) in [6.07, 6.45) is 4.21. The Balaban J connectivity index is 1.49. The van der Waals surface area contributed by atoms with Crippen LogP contribution in [0.3, 0.4) is 0 Å². The van der Waals surface area contributed by atoms with Gasteiger partial charge in [-0.05, 0) is 69.2 Å². The van der Waals surface area contributed by atoms with Gasteiger partial charge in [-0.2, -0.15) is 0 Å². The fourth-order valence-electron chi connectivity index (χ4n) is 5.40. The van der Waals surface area contributed by atoms with Crippen molar-refractivity contribution >= 4 is 40.4 Å². The number of para-hydroxylation sites is 1. The first-order valence-electron chi connectivity index (χ1n) is 13.8. The maximum Gasteiger partial charge on any atom is 0.309 e. The third kappa shape index (κ3) is 7.07. The van der Waals surface area contributed by atoms with Gasteiger partial charge in [-0.15, -0.1) is 11.3 Å². The number of aryl methyl sites for hydroxylation is 1. The number of ketones is 1. The van der Waals surface area contributed by atoms with Crippen LogP contribution >= 0.6 is 22.9 Å². The van der Waals surface area contributed by atoms with Crippen LogP contribution in [0.1, 0.15) is 60.5 Å². The monoisotopic (exact) mass is 567 g/mol. The topological polar surface area (TPSA) is 85.5 Å². The SMILES string of the molecule is CCCC(Cc1ccccc1N1CCCC(C(N)C(=O)c2sc(-c3ccc(Cl)cc3)nc2C)C1)C(=O)OCC. The zero-order valence-corrected chi connectivity index (χ0v) is 24.6. The lowest BCUT2D eigenvalue weighted by atomic mass is 9.87. The molecule has 8 heteroatoms. The Hall–Kier alpha value is -2.74. The number of ether oxygens (including phenoxy) is 1. The lowest BCUT2D eigenvalue weighted by molar-refractivity contribution is -0.148. The number of rotatable bonds is 11. The van der Waals surface area contributed by atoms with Crippen LogP contribution in [-0.4, -0.2) is 42.5 Å². The maximum atomic E-state index is 13.6. The van der Waals surface area contributed by atoms with Gasteiger partial charge in [-0.25, -0.2) is 4.98 Å². The largest absolute Gasteiger partial charge is 0.466 e. The Kier molecular flexibility index (Phi) is 10.2. The molecule has 0 saturated carbocycles. The van der Waals surface area contributed by atoms with Gasteiger partial charge in [-0.3, -0.25) is 9.59 Å². The quantitative estimate of drug-likeness (QED) is 0.204. The molecule has 0 bridgehead atoms. The van der Waals surface area contributed by atoms with Gasteiger partial charge in [0, 0.05) is 29.4 Å². The second kappa shape index (κ2) is 13.6. The fraction of sp³-hybridized carbons (Fsp3) is 0.452. The van der Waals surface area contributed by atoms with Crippen LogP contribution in [0, 0.1) is 18.8 Å². The number of nitrogens with two attached hydrogens (primary N) is 1. The first-order valence-corrected chi connectivity index (χ1v) is 15.0. The van der Waals surface area contributed by atoms with E-state index in [0.717, 1.165) is 54.0 Å². The average molecular weight is 568 g/mol. The molecule has 1 fully saturated rings. The average Bonchev–Trinajstić information content (AvgIpc) is 3.34. The molecule has 1 aliphatic heterocycles. The molecular formula is C31H38ClN3O3S. The standard InChI is InChI=1S/C31H38ClN3O3S/c1-4-9-23(31(37)38-5-2)18-22-10-6-7-12-26(22)35-17-8-11-24(19-35)27(33)28(36)29-20(3)34-30(39-29)21-13-15-25(32)16-14-21/h6-7,10,12-16,23-24,27H,4-5,8-9,11,17-19,33H2,1-3H3. The number of Topliss-reactive ketones (excluding diaryl/α,β-unsaturated/α-hetero) is 1. The molecule has 3 aromatic rings. The molecule has 39 heavy (non-hydrogen) atoms. The number of carbonyl (C=O) groups is 2. The number of hydrogen-bond acceptors (Lipinski definition) is 7. The molecule has 4 rings (SSSR count). The highest BCUT2D eigenvalue weighted by Crippen LogP contribution is 2.33. The van der Waals surface area contributed by atoms with Crippen molar-refractivity contribution in [2.24, 2.45) is 17.6 Å². The minimum atomic E-state index is -0.607. The zero-order chi connectivity index (χ0) is 27.9. The molecule has 3 atom stereocenters. The minimum Gasteiger partial charge on any atom is -0.466 e. The molecule has 6 nitrogen and oxygen atoms in total. The van der Waals surface area contributed by atoms with Gasteiger partial charge in [0.15, 0.2) is 5.78 Å². The van der Waals surface area contributed by atoms with Crippen LogP contribution in [0.25, 0.3) is 10.6 Å². The van der Waals surface area contributed by atoms with E-state index in [1.54, 1.807) is 0 Å². The maximum absolute atomic E-state index is 13.6. The van der Waals surface area contributed by atoms with E-state index in [1.165, 1.54) is 11.3 Å². The predicted octanol–water partition coefficient (Wildman–Crippen LogP) is 6.72. The summed E-state index contributed by atoms with van der Waals surface area (Å²) >= 11 is 7.43. The van der Waals surface area contributed by atoms with Gasteiger partial charge >= 0.3 is 5.97 Å². The van der Waals surface area contributed by atoms with Gasteiger partial charge in [0.25, 0.3) is 0 Å². The van der Waals surface area contributed by atoms with Crippen molar-refractivity contribution < 1.29 is 14.3 Å². The highest BCUT2D eigenvalue weighted by Gasteiger charge is 2.33. The molecule has 3 unspecified atom stereocenters. The molecule has 208 valence electrons. The van der Waals surface area contributed by atoms with E-state index in [4.69, 9.17) is 22.1 Å². The van der Waals surface area contributed by atoms with E-state index in [0.29, 0.717) is 35.2 Å². The van der Waals surface area contributed by atoms with E-state index in [9.17, 15) is 9.59 Å². The number of carbonyl (C=O) groups excluding carboxylic acids is 2. The van der Waals surface area contributed by atoms with E-state index in [-0.39, 0.29) is 23.6 Å². The van der Waals surface area contributed by atoms with Crippen molar-refractivity contribution in [2.45, 2.75) is 58.9 Å². The van der Waals surface area contributed by atoms with Crippen molar-refractivity contribution in [2.75, 3.05) is 24.6 Å². The second-order valence-electron chi connectivity index (χ2n) is 10.2. The predicted molar refractivity (Wildman–Crippen MR) is 160 cm³/mol. The van der Waals surface area contributed by atoms with Crippen molar-refractivity contribution in [3.63, 3.8) is 0 Å². The third-order valence-electron chi connectivity index (χ3n) is 7.44. The van der Waals surface area contributed by atoms with Crippen LogP contribution < -0.4 is 10.6 Å². The Morgan fingerprint density at radius 3 is 2.64 bits per heavy atom. The Bertz CT molecular complexity index is 1280. The summed E-state index contributed by atoms with van der Waals surface area (Å²) < 4.78 is 5.36. The summed E-state index contributed by atoms with van der Waals surface area (Å²) in [4.78, 5) is 33.8. The van der Waals surface area contributed by atoms with Gasteiger partial charge in [0.05, 0.1) is 29.1 Å². The van der Waals surface area contributed by atoms with Crippen LogP contribution in [-0.2, 0) is 16.0 Å². The fourth-order valence-corrected chi connectivity index (χ4v) is 6.58. The lowest BCUT2D eigenvalue weighted by Crippen LogP contribution is -2.47. The minimum absolute atomic E-state index is 0.0243. The number of halogens is 1. The molecular weight excluding hydrogens is 530 g/mol. The molecule has 0 aliphatic carbocycles. The van der Waals surface area contributed by atoms with E-state index >= 15 is 0 Å². The summed E-state index contributed by atoms with van der Waals surface area (Å²) in [5, 5.41) is 1.46. The van der Waals surface area contributed by atoms with E-state index in [2.05, 4.69) is 28.9 Å². The highest BCUT2D eigenvalue weighted by molar-refractivity contribution is 7.17. The third-order valence-corrected chi connectivity index (χ3v) is 8.91. The molecule has 0 spiro atoms. The van der Waals surface area contributed by atoms with Crippen LogP contribution in [0.2, 0.25) is 5.02 Å². The molecule has 2 heterocycles. The summed E-state index contributed by atoms with van der Waals surface area (Å²) in [5.41, 5.74) is 10.6. The number of benzene rings is 2. The van der Waals surface area contributed by atoms with Crippen LogP contribution in [0.5, 0.6) is 0 Å². The van der Waals surface area contributed by atoms with Crippen molar-refractivity contribution in [3.8, 4) is 10.6 Å². The highest BCUT2D eigenvalue weighted by atomic mass is 35.5. The number of aromatic nitrogens is 1. The second-order valence-corrected chi connectivity index (χ2v) is 11.7. The van der Waals surface area contributed by atoms with Gasteiger partial charge in [-0.1, -0.05) is 55.3 Å². The van der Waals surface area contributed by atoms with E-state index < -0.39 is 6.04 Å². The van der Waals surface area contributed by atoms with Crippen molar-refractivity contribution in [1.29, 1.82) is 0 Å². The molecule has 1 aliphatic rings. The summed E-state index contributed by atoms with van der Waals surface area (Å²) in [5.74, 6) is -0.312. The Morgan fingerprint density at radius 2 is 1.92 bits per heavy atom. The smallest absolute Gasteiger partial charge is 0.309 e. The normalized spacial score (nSPS) is 17.1. The van der Waals surface area contributed by atoms with Crippen LogP contribution in [0.4, 0.5) is 5.69 Å². The molecule has 1 aromatic heterocycles. The number of nitrogens with zero attached hydrogens (tertiary/aromatic N) is 2. The number of anilines is 1. The Labute approximate surface area is 240 Å². The lowest BCUT2D eigenvalue weighted by Gasteiger charge is -2.37. The van der Waals surface area contributed by atoms with Crippen molar-refractivity contribution in [3.05, 3.63) is 69.7 Å².